The minimum absolute atomic E-state index is 0. The van der Waals surface area contributed by atoms with E-state index < -0.39 is 5.60 Å². The summed E-state index contributed by atoms with van der Waals surface area (Å²) in [5, 5.41) is 3.23. The Morgan fingerprint density at radius 1 is 1.26 bits per heavy atom. The first kappa shape index (κ1) is 15.8. The summed E-state index contributed by atoms with van der Waals surface area (Å²) in [5.41, 5.74) is 0.186. The van der Waals surface area contributed by atoms with Gasteiger partial charge >= 0.3 is 5.97 Å². The molecule has 1 heterocycles. The maximum absolute atomic E-state index is 12.0. The predicted molar refractivity (Wildman–Crippen MR) is 75.9 cm³/mol. The highest BCUT2D eigenvalue weighted by atomic mass is 35.5. The zero-order valence-corrected chi connectivity index (χ0v) is 12.1. The zero-order chi connectivity index (χ0) is 13.0. The molecule has 0 bridgehead atoms. The van der Waals surface area contributed by atoms with Crippen molar-refractivity contribution in [3.05, 3.63) is 29.8 Å². The molecule has 0 spiro atoms. The van der Waals surface area contributed by atoms with Crippen molar-refractivity contribution in [2.75, 3.05) is 20.2 Å². The van der Waals surface area contributed by atoms with Crippen molar-refractivity contribution >= 4 is 18.4 Å². The lowest BCUT2D eigenvalue weighted by Gasteiger charge is -2.35. The summed E-state index contributed by atoms with van der Waals surface area (Å²) in [5.74, 6) is 0.469. The maximum Gasteiger partial charge on any atom is 0.350 e. The van der Waals surface area contributed by atoms with E-state index in [1.54, 1.807) is 0 Å². The van der Waals surface area contributed by atoms with E-state index in [1.807, 2.05) is 31.2 Å². The molecule has 19 heavy (non-hydrogen) atoms. The lowest BCUT2D eigenvalue weighted by molar-refractivity contribution is -0.161. The number of carbonyl (C=O) groups is 1. The summed E-state index contributed by atoms with van der Waals surface area (Å²) < 4.78 is 10.9. The van der Waals surface area contributed by atoms with E-state index >= 15 is 0 Å². The van der Waals surface area contributed by atoms with E-state index in [0.717, 1.165) is 24.4 Å². The van der Waals surface area contributed by atoms with Crippen molar-refractivity contribution < 1.29 is 14.3 Å². The van der Waals surface area contributed by atoms with Gasteiger partial charge in [-0.1, -0.05) is 18.2 Å². The number of hydrogen-bond acceptors (Lipinski definition) is 4. The van der Waals surface area contributed by atoms with Gasteiger partial charge in [-0.15, -0.1) is 12.4 Å². The number of para-hydroxylation sites is 1. The number of hydrogen-bond donors (Lipinski definition) is 1. The maximum atomic E-state index is 12.0. The van der Waals surface area contributed by atoms with Crippen LogP contribution >= 0.6 is 12.4 Å². The summed E-state index contributed by atoms with van der Waals surface area (Å²) in [7, 11) is 1.41. The molecule has 4 nitrogen and oxygen atoms in total. The number of piperidine rings is 1. The second kappa shape index (κ2) is 6.78. The van der Waals surface area contributed by atoms with Crippen molar-refractivity contribution in [2.24, 2.45) is 0 Å². The van der Waals surface area contributed by atoms with Gasteiger partial charge in [-0.25, -0.2) is 4.79 Å². The van der Waals surface area contributed by atoms with Crippen LogP contribution in [-0.2, 0) is 9.53 Å². The molecule has 1 fully saturated rings. The molecular weight excluding hydrogens is 266 g/mol. The average molecular weight is 286 g/mol. The van der Waals surface area contributed by atoms with Crippen molar-refractivity contribution in [1.29, 1.82) is 0 Å². The molecule has 106 valence electrons. The van der Waals surface area contributed by atoms with E-state index in [-0.39, 0.29) is 18.4 Å². The van der Waals surface area contributed by atoms with Crippen LogP contribution in [0.5, 0.6) is 5.75 Å². The fourth-order valence-corrected chi connectivity index (χ4v) is 2.25. The molecule has 1 aromatic rings. The summed E-state index contributed by atoms with van der Waals surface area (Å²) in [6, 6.07) is 7.73. The quantitative estimate of drug-likeness (QED) is 0.864. The SMILES string of the molecule is COC(=O)C1(Oc2ccccc2C)CCNCC1.Cl. The topological polar surface area (TPSA) is 47.6 Å². The Hall–Kier alpha value is -1.26. The minimum Gasteiger partial charge on any atom is -0.475 e. The second-order valence-corrected chi connectivity index (χ2v) is 4.60. The van der Waals surface area contributed by atoms with Crippen molar-refractivity contribution in [3.63, 3.8) is 0 Å². The largest absolute Gasteiger partial charge is 0.475 e. The van der Waals surface area contributed by atoms with Crippen LogP contribution in [0.4, 0.5) is 0 Å². The minimum atomic E-state index is -0.841. The summed E-state index contributed by atoms with van der Waals surface area (Å²) in [4.78, 5) is 12.0. The third-order valence-electron chi connectivity index (χ3n) is 3.37. The predicted octanol–water partition coefficient (Wildman–Crippen LogP) is 2.09. The van der Waals surface area contributed by atoms with Crippen LogP contribution in [0.2, 0.25) is 0 Å². The lowest BCUT2D eigenvalue weighted by atomic mass is 9.92. The van der Waals surface area contributed by atoms with Gasteiger partial charge in [-0.2, -0.15) is 0 Å². The van der Waals surface area contributed by atoms with Gasteiger partial charge in [0, 0.05) is 12.8 Å². The molecule has 1 aromatic carbocycles. The van der Waals surface area contributed by atoms with Crippen molar-refractivity contribution in [3.8, 4) is 5.75 Å². The molecule has 0 aliphatic carbocycles. The first-order valence-electron chi connectivity index (χ1n) is 6.22. The highest BCUT2D eigenvalue weighted by Gasteiger charge is 2.43. The van der Waals surface area contributed by atoms with Crippen LogP contribution < -0.4 is 10.1 Å². The molecule has 0 unspecified atom stereocenters. The van der Waals surface area contributed by atoms with Crippen LogP contribution in [0.3, 0.4) is 0 Å². The third-order valence-corrected chi connectivity index (χ3v) is 3.37. The molecule has 1 N–H and O–H groups in total. The van der Waals surface area contributed by atoms with Crippen LogP contribution in [-0.4, -0.2) is 31.8 Å². The number of aryl methyl sites for hydroxylation is 1. The second-order valence-electron chi connectivity index (χ2n) is 4.60. The van der Waals surface area contributed by atoms with Crippen LogP contribution in [0.15, 0.2) is 24.3 Å². The van der Waals surface area contributed by atoms with Gasteiger partial charge in [-0.05, 0) is 31.6 Å². The van der Waals surface area contributed by atoms with Gasteiger partial charge in [0.2, 0.25) is 5.60 Å². The van der Waals surface area contributed by atoms with E-state index in [0.29, 0.717) is 12.8 Å². The molecule has 0 atom stereocenters. The molecule has 2 rings (SSSR count). The summed E-state index contributed by atoms with van der Waals surface area (Å²) in [6.45, 7) is 3.50. The van der Waals surface area contributed by atoms with Crippen LogP contribution in [0.1, 0.15) is 18.4 Å². The van der Waals surface area contributed by atoms with Gasteiger partial charge in [0.05, 0.1) is 7.11 Å². The molecule has 0 aromatic heterocycles. The lowest BCUT2D eigenvalue weighted by Crippen LogP contribution is -2.52. The Balaban J connectivity index is 0.00000180. The number of nitrogens with one attached hydrogen (secondary N) is 1. The summed E-state index contributed by atoms with van der Waals surface area (Å²) in [6.07, 6.45) is 1.27. The fraction of sp³-hybridized carbons (Fsp3) is 0.500. The Kier molecular flexibility index (Phi) is 5.63. The molecule has 1 aliphatic heterocycles. The number of halogens is 1. The average Bonchev–Trinajstić information content (AvgIpc) is 2.41. The highest BCUT2D eigenvalue weighted by Crippen LogP contribution is 2.29. The smallest absolute Gasteiger partial charge is 0.350 e. The molecule has 0 saturated carbocycles. The number of esters is 1. The molecule has 1 saturated heterocycles. The van der Waals surface area contributed by atoms with Crippen molar-refractivity contribution in [1.82, 2.24) is 5.32 Å². The van der Waals surface area contributed by atoms with E-state index in [2.05, 4.69) is 5.32 Å². The molecule has 5 heteroatoms. The number of carbonyl (C=O) groups excluding carboxylic acids is 1. The number of rotatable bonds is 3. The first-order chi connectivity index (χ1) is 8.68. The van der Waals surface area contributed by atoms with Gasteiger partial charge in [0.1, 0.15) is 5.75 Å². The normalized spacial score (nSPS) is 17.2. The van der Waals surface area contributed by atoms with Crippen molar-refractivity contribution in [2.45, 2.75) is 25.4 Å². The molecule has 1 aliphatic rings. The van der Waals surface area contributed by atoms with Crippen LogP contribution in [0, 0.1) is 6.92 Å². The first-order valence-corrected chi connectivity index (χ1v) is 6.22. The number of ether oxygens (including phenoxy) is 2. The van der Waals surface area contributed by atoms with E-state index in [1.165, 1.54) is 7.11 Å². The third kappa shape index (κ3) is 3.39. The Morgan fingerprint density at radius 3 is 2.47 bits per heavy atom. The molecule has 0 amide bonds. The van der Waals surface area contributed by atoms with Gasteiger partial charge < -0.3 is 14.8 Å². The molecule has 0 radical (unpaired) electrons. The Morgan fingerprint density at radius 2 is 1.89 bits per heavy atom. The van der Waals surface area contributed by atoms with E-state index in [4.69, 9.17) is 9.47 Å². The fourth-order valence-electron chi connectivity index (χ4n) is 2.25. The van der Waals surface area contributed by atoms with Crippen LogP contribution in [0.25, 0.3) is 0 Å². The summed E-state index contributed by atoms with van der Waals surface area (Å²) >= 11 is 0. The number of methoxy groups -OCH3 is 1. The number of benzene rings is 1. The van der Waals surface area contributed by atoms with Gasteiger partial charge in [0.15, 0.2) is 0 Å². The van der Waals surface area contributed by atoms with E-state index in [9.17, 15) is 4.79 Å². The van der Waals surface area contributed by atoms with Gasteiger partial charge in [0.25, 0.3) is 0 Å². The van der Waals surface area contributed by atoms with Gasteiger partial charge in [-0.3, -0.25) is 0 Å². The Labute approximate surface area is 119 Å². The Bertz CT molecular complexity index is 430. The highest BCUT2D eigenvalue weighted by molar-refractivity contribution is 5.85. The standard InChI is InChI=1S/C14H19NO3.ClH/c1-11-5-3-4-6-12(11)18-14(13(16)17-2)7-9-15-10-8-14;/h3-6,15H,7-10H2,1-2H3;1H. The zero-order valence-electron chi connectivity index (χ0n) is 11.3. The molecular formula is C14H20ClNO3. The monoisotopic (exact) mass is 285 g/mol.